The van der Waals surface area contributed by atoms with Crippen LogP contribution in [0.1, 0.15) is 47.9 Å². The van der Waals surface area contributed by atoms with Crippen molar-refractivity contribution in [2.24, 2.45) is 23.7 Å². The van der Waals surface area contributed by atoms with Crippen LogP contribution in [0.3, 0.4) is 0 Å². The van der Waals surface area contributed by atoms with E-state index in [4.69, 9.17) is 9.47 Å². The van der Waals surface area contributed by atoms with E-state index in [1.54, 1.807) is 12.1 Å². The number of hydrazine groups is 1. The second-order valence-electron chi connectivity index (χ2n) is 14.4. The lowest BCUT2D eigenvalue weighted by Crippen LogP contribution is -2.53. The van der Waals surface area contributed by atoms with Gasteiger partial charge < -0.3 is 14.6 Å². The van der Waals surface area contributed by atoms with E-state index in [1.165, 1.54) is 19.1 Å². The Balaban J connectivity index is 1.33. The summed E-state index contributed by atoms with van der Waals surface area (Å²) in [5.41, 5.74) is 6.86. The summed E-state index contributed by atoms with van der Waals surface area (Å²) in [6.45, 7) is 4.00. The monoisotopic (exact) mass is 711 g/mol. The van der Waals surface area contributed by atoms with Crippen molar-refractivity contribution >= 4 is 35.0 Å². The molecular weight excluding hydrogens is 670 g/mol. The number of ether oxygens (including phenoxy) is 2. The van der Waals surface area contributed by atoms with Crippen molar-refractivity contribution in [2.45, 2.75) is 44.4 Å². The third-order valence-corrected chi connectivity index (χ3v) is 11.8. The summed E-state index contributed by atoms with van der Waals surface area (Å²) >= 11 is 0. The summed E-state index contributed by atoms with van der Waals surface area (Å²) < 4.78 is 11.2. The van der Waals surface area contributed by atoms with E-state index in [1.807, 2.05) is 98.8 Å². The fourth-order valence-corrected chi connectivity index (χ4v) is 9.34. The number of phenolic OH excluding ortho intramolecular Hbond substituents is 1. The van der Waals surface area contributed by atoms with Crippen LogP contribution in [-0.4, -0.2) is 48.0 Å². The smallest absolute Gasteiger partial charge is 0.260 e. The van der Waals surface area contributed by atoms with Crippen LogP contribution in [0.4, 0.5) is 11.4 Å². The standard InChI is InChI=1S/C43H41N3O7/c1-5-25-13-17-29(18-14-25)45-39(48)31-20-19-30-32(36(31)41(45)50)23-33-40(49)46(44-28-15-11-24(2)12-16-28)42(51)43(33,27-9-7-6-8-10-27)37(30)26-21-34(52-3)38(47)35(22-26)53-4/h6-19,21-22,31-33,36-37,44,47H,5,20,23H2,1-4H3/t31-,32+,33-,36-,37-,43+/m0/s1. The zero-order valence-electron chi connectivity index (χ0n) is 30.0. The van der Waals surface area contributed by atoms with Crippen LogP contribution in [0.25, 0.3) is 0 Å². The predicted molar refractivity (Wildman–Crippen MR) is 198 cm³/mol. The predicted octanol–water partition coefficient (Wildman–Crippen LogP) is 6.47. The Labute approximate surface area is 308 Å². The number of phenols is 1. The summed E-state index contributed by atoms with van der Waals surface area (Å²) in [4.78, 5) is 60.3. The second-order valence-corrected chi connectivity index (χ2v) is 14.4. The molecule has 0 spiro atoms. The highest BCUT2D eigenvalue weighted by Crippen LogP contribution is 2.65. The topological polar surface area (TPSA) is 125 Å². The molecule has 2 saturated heterocycles. The number of hydrogen-bond acceptors (Lipinski definition) is 8. The van der Waals surface area contributed by atoms with Gasteiger partial charge in [-0.05, 0) is 85.2 Å². The molecule has 4 aliphatic rings. The first-order chi connectivity index (χ1) is 25.6. The van der Waals surface area contributed by atoms with Crippen LogP contribution in [0, 0.1) is 30.6 Å². The molecule has 10 nitrogen and oxygen atoms in total. The number of anilines is 2. The molecule has 0 radical (unpaired) electrons. The Bertz CT molecular complexity index is 2140. The number of imide groups is 2. The van der Waals surface area contributed by atoms with Crippen molar-refractivity contribution in [3.63, 3.8) is 0 Å². The van der Waals surface area contributed by atoms with E-state index in [0.717, 1.165) is 28.1 Å². The lowest BCUT2D eigenvalue weighted by molar-refractivity contribution is -0.138. The molecule has 53 heavy (non-hydrogen) atoms. The molecule has 4 amide bonds. The Kier molecular flexibility index (Phi) is 8.36. The number of aromatic hydroxyl groups is 1. The summed E-state index contributed by atoms with van der Waals surface area (Å²) in [6, 6.07) is 27.6. The molecule has 2 heterocycles. The highest BCUT2D eigenvalue weighted by Gasteiger charge is 2.70. The maximum absolute atomic E-state index is 15.4. The molecule has 2 aliphatic carbocycles. The summed E-state index contributed by atoms with van der Waals surface area (Å²) in [7, 11) is 2.87. The first-order valence-electron chi connectivity index (χ1n) is 18.0. The van der Waals surface area contributed by atoms with Crippen molar-refractivity contribution in [1.82, 2.24) is 5.01 Å². The molecule has 0 unspecified atom stereocenters. The van der Waals surface area contributed by atoms with Gasteiger partial charge in [-0.25, -0.2) is 0 Å². The number of benzene rings is 4. The number of amides is 4. The summed E-state index contributed by atoms with van der Waals surface area (Å²) in [6.07, 6.45) is 3.29. The third-order valence-electron chi connectivity index (χ3n) is 11.8. The lowest BCUT2D eigenvalue weighted by atomic mass is 9.49. The molecule has 8 rings (SSSR count). The second kappa shape index (κ2) is 12.9. The molecule has 6 atom stereocenters. The first-order valence-corrected chi connectivity index (χ1v) is 18.0. The largest absolute Gasteiger partial charge is 0.502 e. The number of carbonyl (C=O) groups is 4. The Morgan fingerprint density at radius 3 is 2.11 bits per heavy atom. The lowest BCUT2D eigenvalue weighted by Gasteiger charge is -2.50. The fourth-order valence-electron chi connectivity index (χ4n) is 9.34. The van der Waals surface area contributed by atoms with E-state index in [0.29, 0.717) is 22.5 Å². The average molecular weight is 712 g/mol. The number of aryl methyl sites for hydroxylation is 2. The molecular formula is C43H41N3O7. The minimum Gasteiger partial charge on any atom is -0.502 e. The summed E-state index contributed by atoms with van der Waals surface area (Å²) in [5.74, 6) is -5.00. The molecule has 3 fully saturated rings. The van der Waals surface area contributed by atoms with Crippen molar-refractivity contribution in [2.75, 3.05) is 24.5 Å². The van der Waals surface area contributed by atoms with E-state index in [-0.39, 0.29) is 41.9 Å². The van der Waals surface area contributed by atoms with E-state index >= 15 is 4.79 Å². The van der Waals surface area contributed by atoms with Crippen LogP contribution >= 0.6 is 0 Å². The number of carbonyl (C=O) groups excluding carboxylic acids is 4. The fraction of sp³-hybridized carbons (Fsp3) is 0.302. The van der Waals surface area contributed by atoms with Gasteiger partial charge in [0.2, 0.25) is 17.6 Å². The molecule has 1 saturated carbocycles. The van der Waals surface area contributed by atoms with Gasteiger partial charge in [-0.15, -0.1) is 0 Å². The number of nitrogens with one attached hydrogen (secondary N) is 1. The van der Waals surface area contributed by atoms with Gasteiger partial charge in [0.25, 0.3) is 11.8 Å². The number of methoxy groups -OCH3 is 2. The Morgan fingerprint density at radius 2 is 1.49 bits per heavy atom. The normalized spacial score (nSPS) is 26.2. The van der Waals surface area contributed by atoms with Crippen molar-refractivity contribution in [3.8, 4) is 17.2 Å². The Morgan fingerprint density at radius 1 is 0.830 bits per heavy atom. The van der Waals surface area contributed by atoms with E-state index in [9.17, 15) is 19.5 Å². The molecule has 2 aliphatic heterocycles. The number of fused-ring (bicyclic) bond motifs is 4. The van der Waals surface area contributed by atoms with E-state index < -0.39 is 46.8 Å². The maximum atomic E-state index is 15.4. The molecule has 4 aromatic carbocycles. The SMILES string of the molecule is CCc1ccc(N2C(=O)[C@H]3[C@H](CC=C4[C@H]3C[C@H]3C(=O)N(Nc5ccc(C)cc5)C(=O)[C@@]3(c3ccccc3)[C@H]4c3cc(OC)c(O)c(OC)c3)C2=O)cc1. The van der Waals surface area contributed by atoms with Crippen LogP contribution in [0.2, 0.25) is 0 Å². The van der Waals surface area contributed by atoms with Crippen LogP contribution in [-0.2, 0) is 31.0 Å². The number of hydrogen-bond donors (Lipinski definition) is 2. The van der Waals surface area contributed by atoms with Gasteiger partial charge in [-0.1, -0.05) is 78.7 Å². The average Bonchev–Trinajstić information content (AvgIpc) is 3.56. The highest BCUT2D eigenvalue weighted by atomic mass is 16.5. The highest BCUT2D eigenvalue weighted by molar-refractivity contribution is 6.22. The zero-order chi connectivity index (χ0) is 37.2. The molecule has 270 valence electrons. The van der Waals surface area contributed by atoms with Crippen molar-refractivity contribution in [3.05, 3.63) is 125 Å². The van der Waals surface area contributed by atoms with Gasteiger partial charge in [0, 0.05) is 5.92 Å². The number of allylic oxidation sites excluding steroid dienone is 2. The summed E-state index contributed by atoms with van der Waals surface area (Å²) in [5, 5.41) is 12.1. The third kappa shape index (κ3) is 5.06. The first kappa shape index (κ1) is 34.2. The van der Waals surface area contributed by atoms with Gasteiger partial charge in [0.05, 0.1) is 48.8 Å². The number of rotatable bonds is 8. The van der Waals surface area contributed by atoms with Gasteiger partial charge in [0.15, 0.2) is 11.5 Å². The molecule has 10 heteroatoms. The van der Waals surface area contributed by atoms with Crippen LogP contribution in [0.15, 0.2) is 103 Å². The van der Waals surface area contributed by atoms with E-state index in [2.05, 4.69) is 5.43 Å². The molecule has 0 aromatic heterocycles. The van der Waals surface area contributed by atoms with Crippen molar-refractivity contribution in [1.29, 1.82) is 0 Å². The van der Waals surface area contributed by atoms with Crippen LogP contribution < -0.4 is 19.8 Å². The van der Waals surface area contributed by atoms with Gasteiger partial charge in [-0.2, -0.15) is 5.01 Å². The minimum atomic E-state index is -1.47. The quantitative estimate of drug-likeness (QED) is 0.158. The van der Waals surface area contributed by atoms with Crippen molar-refractivity contribution < 1.29 is 33.8 Å². The zero-order valence-corrected chi connectivity index (χ0v) is 30.0. The van der Waals surface area contributed by atoms with Gasteiger partial charge >= 0.3 is 0 Å². The Hall–Kier alpha value is -5.90. The van der Waals surface area contributed by atoms with Crippen LogP contribution in [0.5, 0.6) is 17.2 Å². The molecule has 4 aromatic rings. The van der Waals surface area contributed by atoms with Gasteiger partial charge in [0.1, 0.15) is 0 Å². The number of nitrogens with zero attached hydrogens (tertiary/aromatic N) is 2. The minimum absolute atomic E-state index is 0.135. The molecule has 0 bridgehead atoms. The maximum Gasteiger partial charge on any atom is 0.260 e. The van der Waals surface area contributed by atoms with Gasteiger partial charge in [-0.3, -0.25) is 29.5 Å². The molecule has 2 N–H and O–H groups in total.